The molecule has 12 rings (SSSR count). The van der Waals surface area contributed by atoms with E-state index in [0.717, 1.165) is 22.7 Å². The van der Waals surface area contributed by atoms with Crippen LogP contribution in [0, 0.1) is 0 Å². The summed E-state index contributed by atoms with van der Waals surface area (Å²) in [4.78, 5) is 2.47. The maximum absolute atomic E-state index is 2.47. The molecule has 2 aromatic heterocycles. The van der Waals surface area contributed by atoms with E-state index in [1.165, 1.54) is 86.5 Å². The molecule has 2 heterocycles. The lowest BCUT2D eigenvalue weighted by Gasteiger charge is -2.27. The smallest absolute Gasteiger partial charge is 0.0561 e. The predicted octanol–water partition coefficient (Wildman–Crippen LogP) is 16.3. The summed E-state index contributed by atoms with van der Waals surface area (Å²) in [7, 11) is 0. The highest BCUT2D eigenvalue weighted by molar-refractivity contribution is 7.26. The molecular formula is C57H40N2S. The molecule has 11 aromatic rings. The number of benzene rings is 9. The Bertz CT molecular complexity index is 3450. The van der Waals surface area contributed by atoms with Crippen molar-refractivity contribution < 1.29 is 0 Å². The number of aromatic nitrogens is 1. The molecular weight excluding hydrogens is 745 g/mol. The van der Waals surface area contributed by atoms with Gasteiger partial charge in [0.25, 0.3) is 0 Å². The summed E-state index contributed by atoms with van der Waals surface area (Å²) in [6, 6.07) is 76.0. The molecule has 1 aliphatic rings. The Hall–Kier alpha value is -7.20. The first-order valence-electron chi connectivity index (χ1n) is 20.8. The van der Waals surface area contributed by atoms with Crippen molar-refractivity contribution in [2.75, 3.05) is 4.90 Å². The van der Waals surface area contributed by atoms with Gasteiger partial charge >= 0.3 is 0 Å². The second-order valence-corrected chi connectivity index (χ2v) is 17.6. The molecule has 0 unspecified atom stereocenters. The molecule has 284 valence electrons. The van der Waals surface area contributed by atoms with E-state index in [2.05, 4.69) is 230 Å². The number of anilines is 3. The van der Waals surface area contributed by atoms with Crippen LogP contribution in [0.2, 0.25) is 0 Å². The zero-order valence-corrected chi connectivity index (χ0v) is 34.2. The Balaban J connectivity index is 1.06. The van der Waals surface area contributed by atoms with E-state index in [1.807, 2.05) is 11.3 Å². The Morgan fingerprint density at radius 3 is 1.93 bits per heavy atom. The van der Waals surface area contributed by atoms with E-state index in [0.29, 0.717) is 0 Å². The van der Waals surface area contributed by atoms with Crippen LogP contribution in [0.1, 0.15) is 25.0 Å². The molecule has 60 heavy (non-hydrogen) atoms. The SMILES string of the molecule is CC1(C)c2ccccc2-c2ccc(-c3ccc(N(c4ccc5c6ccccc6n(-c6ccccc6)c5c4)c4cccc5sc6c(-c7ccccc7)cccc6c45)cc3)cc21. The first kappa shape index (κ1) is 34.8. The van der Waals surface area contributed by atoms with Crippen LogP contribution >= 0.6 is 11.3 Å². The average Bonchev–Trinajstić information content (AvgIpc) is 3.93. The molecule has 0 radical (unpaired) electrons. The van der Waals surface area contributed by atoms with Crippen molar-refractivity contribution in [2.45, 2.75) is 19.3 Å². The molecule has 0 saturated carbocycles. The van der Waals surface area contributed by atoms with Gasteiger partial charge in [0.1, 0.15) is 0 Å². The van der Waals surface area contributed by atoms with E-state index < -0.39 is 0 Å². The quantitative estimate of drug-likeness (QED) is 0.163. The van der Waals surface area contributed by atoms with Gasteiger partial charge in [-0.05, 0) is 105 Å². The lowest BCUT2D eigenvalue weighted by Crippen LogP contribution is -2.14. The van der Waals surface area contributed by atoms with E-state index in [9.17, 15) is 0 Å². The normalized spacial score (nSPS) is 13.0. The molecule has 0 saturated heterocycles. The third kappa shape index (κ3) is 5.26. The summed E-state index contributed by atoms with van der Waals surface area (Å²) >= 11 is 1.88. The van der Waals surface area contributed by atoms with Crippen LogP contribution in [-0.2, 0) is 5.41 Å². The Labute approximate surface area is 353 Å². The lowest BCUT2D eigenvalue weighted by atomic mass is 9.81. The second-order valence-electron chi connectivity index (χ2n) is 16.5. The van der Waals surface area contributed by atoms with Crippen molar-refractivity contribution in [2.24, 2.45) is 0 Å². The van der Waals surface area contributed by atoms with Crippen LogP contribution < -0.4 is 4.90 Å². The van der Waals surface area contributed by atoms with Crippen LogP contribution in [0.5, 0.6) is 0 Å². The third-order valence-corrected chi connectivity index (χ3v) is 14.0. The van der Waals surface area contributed by atoms with Gasteiger partial charge in [0.05, 0.1) is 16.7 Å². The van der Waals surface area contributed by atoms with Crippen molar-refractivity contribution in [1.82, 2.24) is 4.57 Å². The topological polar surface area (TPSA) is 8.17 Å². The van der Waals surface area contributed by atoms with Gasteiger partial charge in [0.15, 0.2) is 0 Å². The van der Waals surface area contributed by atoms with E-state index in [-0.39, 0.29) is 5.41 Å². The summed E-state index contributed by atoms with van der Waals surface area (Å²) in [6.07, 6.45) is 0. The van der Waals surface area contributed by atoms with Crippen LogP contribution in [-0.4, -0.2) is 4.57 Å². The average molecular weight is 785 g/mol. The van der Waals surface area contributed by atoms with Gasteiger partial charge in [-0.25, -0.2) is 0 Å². The standard InChI is InChI=1S/C57H40N2S/c1-57(2)49-23-11-9-19-44(49)45-33-29-39(35-50(45)57)37-27-30-41(31-28-37)58(42-32-34-47-46-20-10-12-24-51(46)59(53(47)36-42)40-17-7-4-8-18-40)52-25-14-26-54-55(52)48-22-13-21-43(56(48)60-54)38-15-5-3-6-16-38/h3-36H,1-2H3. The maximum Gasteiger partial charge on any atom is 0.0561 e. The third-order valence-electron chi connectivity index (χ3n) is 12.8. The summed E-state index contributed by atoms with van der Waals surface area (Å²) in [5, 5.41) is 5.03. The molecule has 0 atom stereocenters. The minimum atomic E-state index is -0.0537. The number of nitrogens with zero attached hydrogens (tertiary/aromatic N) is 2. The van der Waals surface area contributed by atoms with E-state index >= 15 is 0 Å². The fraction of sp³-hybridized carbons (Fsp3) is 0.0526. The van der Waals surface area contributed by atoms with Gasteiger partial charge < -0.3 is 9.47 Å². The molecule has 1 aliphatic carbocycles. The van der Waals surface area contributed by atoms with Crippen LogP contribution in [0.15, 0.2) is 206 Å². The Morgan fingerprint density at radius 1 is 0.433 bits per heavy atom. The first-order valence-corrected chi connectivity index (χ1v) is 21.6. The van der Waals surface area contributed by atoms with E-state index in [4.69, 9.17) is 0 Å². The zero-order chi connectivity index (χ0) is 40.0. The first-order chi connectivity index (χ1) is 29.5. The van der Waals surface area contributed by atoms with Crippen molar-refractivity contribution in [3.05, 3.63) is 217 Å². The summed E-state index contributed by atoms with van der Waals surface area (Å²) in [5.74, 6) is 0. The minimum absolute atomic E-state index is 0.0537. The van der Waals surface area contributed by atoms with Crippen molar-refractivity contribution in [3.63, 3.8) is 0 Å². The second kappa shape index (κ2) is 13.4. The van der Waals surface area contributed by atoms with Gasteiger partial charge in [-0.15, -0.1) is 11.3 Å². The summed E-state index contributed by atoms with van der Waals surface area (Å²) in [6.45, 7) is 4.71. The predicted molar refractivity (Wildman–Crippen MR) is 257 cm³/mol. The van der Waals surface area contributed by atoms with Gasteiger partial charge in [-0.2, -0.15) is 0 Å². The number of para-hydroxylation sites is 2. The number of hydrogen-bond donors (Lipinski definition) is 0. The molecule has 0 N–H and O–H groups in total. The molecule has 3 heteroatoms. The van der Waals surface area contributed by atoms with Crippen LogP contribution in [0.3, 0.4) is 0 Å². The maximum atomic E-state index is 2.47. The fourth-order valence-corrected chi connectivity index (χ4v) is 11.2. The highest BCUT2D eigenvalue weighted by Crippen LogP contribution is 2.51. The van der Waals surface area contributed by atoms with Crippen LogP contribution in [0.4, 0.5) is 17.1 Å². The molecule has 0 bridgehead atoms. The molecule has 0 aliphatic heterocycles. The van der Waals surface area contributed by atoms with Crippen molar-refractivity contribution in [1.29, 1.82) is 0 Å². The molecule has 0 spiro atoms. The summed E-state index contributed by atoms with van der Waals surface area (Å²) in [5.41, 5.74) is 17.3. The number of rotatable bonds is 6. The molecule has 0 fully saturated rings. The van der Waals surface area contributed by atoms with Gasteiger partial charge in [0, 0.05) is 53.4 Å². The van der Waals surface area contributed by atoms with Crippen molar-refractivity contribution >= 4 is 70.4 Å². The fourth-order valence-electron chi connectivity index (χ4n) is 9.93. The number of thiophene rings is 1. The largest absolute Gasteiger partial charge is 0.310 e. The number of fused-ring (bicyclic) bond motifs is 9. The minimum Gasteiger partial charge on any atom is -0.310 e. The van der Waals surface area contributed by atoms with Crippen molar-refractivity contribution in [3.8, 4) is 39.1 Å². The van der Waals surface area contributed by atoms with Gasteiger partial charge in [-0.3, -0.25) is 0 Å². The number of hydrogen-bond acceptors (Lipinski definition) is 2. The summed E-state index contributed by atoms with van der Waals surface area (Å²) < 4.78 is 4.99. The zero-order valence-electron chi connectivity index (χ0n) is 33.4. The lowest BCUT2D eigenvalue weighted by molar-refractivity contribution is 0.660. The monoisotopic (exact) mass is 784 g/mol. The van der Waals surface area contributed by atoms with Gasteiger partial charge in [0.2, 0.25) is 0 Å². The molecule has 2 nitrogen and oxygen atoms in total. The van der Waals surface area contributed by atoms with Crippen LogP contribution in [0.25, 0.3) is 81.0 Å². The Morgan fingerprint density at radius 2 is 1.08 bits per heavy atom. The molecule has 0 amide bonds. The Kier molecular flexibility index (Phi) is 7.79. The molecule has 9 aromatic carbocycles. The highest BCUT2D eigenvalue weighted by atomic mass is 32.1. The van der Waals surface area contributed by atoms with Gasteiger partial charge in [-0.1, -0.05) is 159 Å². The highest BCUT2D eigenvalue weighted by Gasteiger charge is 2.35. The van der Waals surface area contributed by atoms with E-state index in [1.54, 1.807) is 0 Å².